The van der Waals surface area contributed by atoms with E-state index in [1.807, 2.05) is 48.4 Å². The number of likely N-dealkylation sites (tertiary alicyclic amines) is 2. The summed E-state index contributed by atoms with van der Waals surface area (Å²) < 4.78 is 0. The molecule has 35 heavy (non-hydrogen) atoms. The predicted octanol–water partition coefficient (Wildman–Crippen LogP) is 3.48. The molecule has 0 bridgehead atoms. The van der Waals surface area contributed by atoms with E-state index >= 15 is 0 Å². The second-order valence-corrected chi connectivity index (χ2v) is 10.6. The SMILES string of the molecule is Cc1ncnc(C)c1C(=O)N1CC2CN(CC[C@@H](c3ccccc3)c3ccsc3C(N)=O)CC2C1. The van der Waals surface area contributed by atoms with Crippen LogP contribution in [0, 0.1) is 25.7 Å². The molecule has 2 aliphatic heterocycles. The number of carbonyl (C=O) groups excluding carboxylic acids is 2. The molecule has 0 aliphatic carbocycles. The quantitative estimate of drug-likeness (QED) is 0.549. The topological polar surface area (TPSA) is 92.4 Å². The van der Waals surface area contributed by atoms with Gasteiger partial charge in [-0.25, -0.2) is 9.97 Å². The van der Waals surface area contributed by atoms with E-state index in [2.05, 4.69) is 27.0 Å². The van der Waals surface area contributed by atoms with Crippen LogP contribution in [-0.2, 0) is 0 Å². The Morgan fingerprint density at radius 2 is 1.69 bits per heavy atom. The van der Waals surface area contributed by atoms with E-state index in [0.29, 0.717) is 22.3 Å². The van der Waals surface area contributed by atoms with Crippen LogP contribution >= 0.6 is 11.3 Å². The third-order valence-electron chi connectivity index (χ3n) is 7.52. The Bertz CT molecular complexity index is 1190. The highest BCUT2D eigenvalue weighted by Crippen LogP contribution is 2.36. The van der Waals surface area contributed by atoms with Crippen molar-refractivity contribution in [3.8, 4) is 0 Å². The van der Waals surface area contributed by atoms with Crippen molar-refractivity contribution < 1.29 is 9.59 Å². The first-order valence-electron chi connectivity index (χ1n) is 12.1. The van der Waals surface area contributed by atoms with Gasteiger partial charge in [0.25, 0.3) is 11.8 Å². The zero-order chi connectivity index (χ0) is 24.5. The third-order valence-corrected chi connectivity index (χ3v) is 8.46. The molecule has 0 radical (unpaired) electrons. The molecule has 2 N–H and O–H groups in total. The molecule has 0 saturated carbocycles. The van der Waals surface area contributed by atoms with Crippen molar-refractivity contribution in [2.45, 2.75) is 26.2 Å². The predicted molar refractivity (Wildman–Crippen MR) is 137 cm³/mol. The van der Waals surface area contributed by atoms with Crippen LogP contribution in [0.25, 0.3) is 0 Å². The number of fused-ring (bicyclic) bond motifs is 1. The highest BCUT2D eigenvalue weighted by atomic mass is 32.1. The lowest BCUT2D eigenvalue weighted by Gasteiger charge is -2.25. The average molecular weight is 490 g/mol. The fourth-order valence-electron chi connectivity index (χ4n) is 5.79. The molecule has 2 unspecified atom stereocenters. The summed E-state index contributed by atoms with van der Waals surface area (Å²) in [6.45, 7) is 8.25. The zero-order valence-electron chi connectivity index (χ0n) is 20.2. The van der Waals surface area contributed by atoms with Gasteiger partial charge in [-0.1, -0.05) is 30.3 Å². The second kappa shape index (κ2) is 9.87. The number of hydrogen-bond donors (Lipinski definition) is 1. The van der Waals surface area contributed by atoms with Crippen molar-refractivity contribution in [1.29, 1.82) is 0 Å². The average Bonchev–Trinajstić information content (AvgIpc) is 3.55. The van der Waals surface area contributed by atoms with Gasteiger partial charge in [0.05, 0.1) is 21.8 Å². The summed E-state index contributed by atoms with van der Waals surface area (Å²) in [4.78, 5) is 38.8. The number of rotatable bonds is 7. The number of benzene rings is 1. The normalized spacial score (nSPS) is 20.7. The molecular formula is C27H31N5O2S. The molecule has 3 aromatic rings. The number of thiophene rings is 1. The van der Waals surface area contributed by atoms with Crippen LogP contribution in [-0.4, -0.2) is 64.3 Å². The second-order valence-electron chi connectivity index (χ2n) is 9.73. The standard InChI is InChI=1S/C27H31N5O2S/c1-17-24(18(2)30-16-29-17)27(34)32-14-20-12-31(13-21(20)15-32)10-8-22(19-6-4-3-5-7-19)23-9-11-35-25(23)26(28)33/h3-7,9,11,16,20-22H,8,10,12-15H2,1-2H3,(H2,28,33)/t20?,21?,22-/m0/s1. The van der Waals surface area contributed by atoms with Gasteiger partial charge in [0.2, 0.25) is 0 Å². The summed E-state index contributed by atoms with van der Waals surface area (Å²) in [5, 5.41) is 1.96. The molecule has 3 atom stereocenters. The first kappa shape index (κ1) is 23.6. The van der Waals surface area contributed by atoms with E-state index in [-0.39, 0.29) is 17.7 Å². The molecule has 2 aromatic heterocycles. The number of amides is 2. The summed E-state index contributed by atoms with van der Waals surface area (Å²) in [7, 11) is 0. The summed E-state index contributed by atoms with van der Waals surface area (Å²) in [6, 6.07) is 12.4. The summed E-state index contributed by atoms with van der Waals surface area (Å²) in [6.07, 6.45) is 2.44. The van der Waals surface area contributed by atoms with Crippen LogP contribution in [0.4, 0.5) is 0 Å². The van der Waals surface area contributed by atoms with E-state index < -0.39 is 0 Å². The molecule has 8 heteroatoms. The number of hydrogen-bond acceptors (Lipinski definition) is 6. The molecule has 2 saturated heterocycles. The Hall–Kier alpha value is -3.10. The molecule has 4 heterocycles. The Labute approximate surface area is 210 Å². The Balaban J connectivity index is 1.24. The highest BCUT2D eigenvalue weighted by Gasteiger charge is 2.42. The van der Waals surface area contributed by atoms with Crippen LogP contribution in [0.3, 0.4) is 0 Å². The molecule has 1 aromatic carbocycles. The van der Waals surface area contributed by atoms with Crippen LogP contribution in [0.1, 0.15) is 54.9 Å². The number of carbonyl (C=O) groups is 2. The lowest BCUT2D eigenvalue weighted by molar-refractivity contribution is 0.0771. The van der Waals surface area contributed by atoms with Crippen LogP contribution in [0.2, 0.25) is 0 Å². The Morgan fingerprint density at radius 1 is 1.03 bits per heavy atom. The maximum absolute atomic E-state index is 13.2. The summed E-state index contributed by atoms with van der Waals surface area (Å²) in [5.74, 6) is 0.809. The molecule has 182 valence electrons. The molecule has 0 spiro atoms. The first-order chi connectivity index (χ1) is 16.9. The third kappa shape index (κ3) is 4.73. The molecule has 5 rings (SSSR count). The minimum Gasteiger partial charge on any atom is -0.365 e. The largest absolute Gasteiger partial charge is 0.365 e. The fourth-order valence-corrected chi connectivity index (χ4v) is 6.61. The van der Waals surface area contributed by atoms with Crippen molar-refractivity contribution >= 4 is 23.2 Å². The molecular weight excluding hydrogens is 458 g/mol. The highest BCUT2D eigenvalue weighted by molar-refractivity contribution is 7.12. The van der Waals surface area contributed by atoms with E-state index in [4.69, 9.17) is 5.73 Å². The van der Waals surface area contributed by atoms with Crippen molar-refractivity contribution in [3.63, 3.8) is 0 Å². The maximum Gasteiger partial charge on any atom is 0.259 e. The fraction of sp³-hybridized carbons (Fsp3) is 0.407. The van der Waals surface area contributed by atoms with E-state index in [1.165, 1.54) is 23.2 Å². The number of aryl methyl sites for hydroxylation is 2. The van der Waals surface area contributed by atoms with Crippen molar-refractivity contribution in [2.24, 2.45) is 17.6 Å². The van der Waals surface area contributed by atoms with Crippen molar-refractivity contribution in [1.82, 2.24) is 19.8 Å². The van der Waals surface area contributed by atoms with Gasteiger partial charge in [0, 0.05) is 32.1 Å². The minimum atomic E-state index is -0.356. The van der Waals surface area contributed by atoms with Gasteiger partial charge in [-0.15, -0.1) is 11.3 Å². The van der Waals surface area contributed by atoms with E-state index in [9.17, 15) is 9.59 Å². The van der Waals surface area contributed by atoms with Crippen molar-refractivity contribution in [2.75, 3.05) is 32.7 Å². The van der Waals surface area contributed by atoms with Gasteiger partial charge < -0.3 is 15.5 Å². The maximum atomic E-state index is 13.2. The number of nitrogens with zero attached hydrogens (tertiary/aromatic N) is 4. The summed E-state index contributed by atoms with van der Waals surface area (Å²) in [5.41, 5.74) is 10.1. The van der Waals surface area contributed by atoms with Gasteiger partial charge in [-0.05, 0) is 61.2 Å². The molecule has 2 amide bonds. The van der Waals surface area contributed by atoms with Gasteiger partial charge in [0.1, 0.15) is 6.33 Å². The molecule has 2 aliphatic rings. The number of nitrogens with two attached hydrogens (primary N) is 1. The lowest BCUT2D eigenvalue weighted by atomic mass is 9.88. The van der Waals surface area contributed by atoms with Crippen molar-refractivity contribution in [3.05, 3.63) is 81.1 Å². The minimum absolute atomic E-state index is 0.0575. The van der Waals surface area contributed by atoms with Crippen LogP contribution in [0.15, 0.2) is 48.1 Å². The van der Waals surface area contributed by atoms with E-state index in [0.717, 1.165) is 56.1 Å². The van der Waals surface area contributed by atoms with Gasteiger partial charge in [-0.3, -0.25) is 9.59 Å². The van der Waals surface area contributed by atoms with Crippen LogP contribution in [0.5, 0.6) is 0 Å². The first-order valence-corrected chi connectivity index (χ1v) is 13.0. The smallest absolute Gasteiger partial charge is 0.259 e. The zero-order valence-corrected chi connectivity index (χ0v) is 21.0. The van der Waals surface area contributed by atoms with Gasteiger partial charge in [-0.2, -0.15) is 0 Å². The molecule has 2 fully saturated rings. The Morgan fingerprint density at radius 3 is 2.31 bits per heavy atom. The van der Waals surface area contributed by atoms with Crippen LogP contribution < -0.4 is 5.73 Å². The lowest BCUT2D eigenvalue weighted by Crippen LogP contribution is -2.34. The van der Waals surface area contributed by atoms with Gasteiger partial charge >= 0.3 is 0 Å². The van der Waals surface area contributed by atoms with E-state index in [1.54, 1.807) is 0 Å². The monoisotopic (exact) mass is 489 g/mol. The number of primary amides is 1. The summed E-state index contributed by atoms with van der Waals surface area (Å²) >= 11 is 1.42. The van der Waals surface area contributed by atoms with Gasteiger partial charge in [0.15, 0.2) is 0 Å². The number of aromatic nitrogens is 2. The molecule has 7 nitrogen and oxygen atoms in total. The Kier molecular flexibility index (Phi) is 6.67.